The average molecular weight is 546 g/mol. The maximum Gasteiger partial charge on any atom is 0.278 e. The number of hydrogen-bond acceptors (Lipinski definition) is 6. The summed E-state index contributed by atoms with van der Waals surface area (Å²) in [6.45, 7) is 4.72. The number of halogens is 1. The third kappa shape index (κ3) is 6.94. The fourth-order valence-corrected chi connectivity index (χ4v) is 4.52. The topological polar surface area (TPSA) is 87.7 Å². The Hall–Kier alpha value is -2.62. The van der Waals surface area contributed by atoms with Gasteiger partial charge in [0, 0.05) is 47.4 Å². The van der Waals surface area contributed by atoms with Crippen molar-refractivity contribution in [1.29, 1.82) is 0 Å². The molecule has 3 amide bonds. The average Bonchev–Trinajstić information content (AvgIpc) is 3.00. The predicted molar refractivity (Wildman–Crippen MR) is 138 cm³/mol. The number of imide groups is 1. The van der Waals surface area contributed by atoms with Gasteiger partial charge in [-0.05, 0) is 60.9 Å². The van der Waals surface area contributed by atoms with Crippen LogP contribution in [0.15, 0.2) is 68.5 Å². The Balaban J connectivity index is 1.80. The van der Waals surface area contributed by atoms with Crippen LogP contribution in [0.2, 0.25) is 0 Å². The maximum absolute atomic E-state index is 13.2. The molecule has 0 saturated carbocycles. The normalized spacial score (nSPS) is 13.7. The molecule has 2 aromatic rings. The molecule has 1 heterocycles. The zero-order chi connectivity index (χ0) is 24.7. The highest BCUT2D eigenvalue weighted by Crippen LogP contribution is 2.36. The molecule has 0 unspecified atom stereocenters. The molecule has 1 aliphatic heterocycles. The number of nitrogens with zero attached hydrogens (tertiary/aromatic N) is 1. The lowest BCUT2D eigenvalue weighted by Gasteiger charge is -2.14. The number of ether oxygens (including phenoxy) is 1. The summed E-state index contributed by atoms with van der Waals surface area (Å²) < 4.78 is 5.98. The largest absolute Gasteiger partial charge is 0.385 e. The van der Waals surface area contributed by atoms with Crippen molar-refractivity contribution in [3.63, 3.8) is 0 Å². The standard InChI is InChI=1S/C25H28BrN3O4S/c1-16(2)15-21(30)27-18-9-11-20(12-10-18)34-23-22(28-19-7-5-17(26)6-8-19)24(31)29(25(23)32)13-4-14-33-3/h5-12,16,28H,4,13-15H2,1-3H3,(H,27,30). The summed E-state index contributed by atoms with van der Waals surface area (Å²) in [5.41, 5.74) is 1.65. The lowest BCUT2D eigenvalue weighted by Crippen LogP contribution is -2.33. The van der Waals surface area contributed by atoms with Crippen molar-refractivity contribution in [2.75, 3.05) is 30.9 Å². The van der Waals surface area contributed by atoms with E-state index in [1.807, 2.05) is 50.2 Å². The summed E-state index contributed by atoms with van der Waals surface area (Å²) in [5, 5.41) is 6.01. The SMILES string of the molecule is COCCCN1C(=O)C(Nc2ccc(Br)cc2)=C(Sc2ccc(NC(=O)CC(C)C)cc2)C1=O. The minimum Gasteiger partial charge on any atom is -0.385 e. The second-order valence-electron chi connectivity index (χ2n) is 8.22. The molecule has 0 fully saturated rings. The molecule has 0 aliphatic carbocycles. The molecule has 1 aliphatic rings. The van der Waals surface area contributed by atoms with Crippen molar-refractivity contribution in [3.05, 3.63) is 63.6 Å². The molecule has 0 aromatic heterocycles. The number of carbonyl (C=O) groups excluding carboxylic acids is 3. The number of amides is 3. The number of carbonyl (C=O) groups is 3. The van der Waals surface area contributed by atoms with E-state index >= 15 is 0 Å². The van der Waals surface area contributed by atoms with Crippen LogP contribution in [-0.4, -0.2) is 42.9 Å². The van der Waals surface area contributed by atoms with E-state index in [1.165, 1.54) is 16.7 Å². The number of hydrogen-bond donors (Lipinski definition) is 2. The van der Waals surface area contributed by atoms with Crippen molar-refractivity contribution in [1.82, 2.24) is 4.90 Å². The fraction of sp³-hybridized carbons (Fsp3) is 0.320. The molecule has 0 saturated heterocycles. The van der Waals surface area contributed by atoms with Crippen LogP contribution in [0.1, 0.15) is 26.7 Å². The molecule has 180 valence electrons. The van der Waals surface area contributed by atoms with E-state index in [4.69, 9.17) is 4.74 Å². The van der Waals surface area contributed by atoms with Gasteiger partial charge in [-0.2, -0.15) is 0 Å². The molecular weight excluding hydrogens is 518 g/mol. The van der Waals surface area contributed by atoms with Gasteiger partial charge in [-0.1, -0.05) is 41.5 Å². The lowest BCUT2D eigenvalue weighted by molar-refractivity contribution is -0.137. The van der Waals surface area contributed by atoms with E-state index in [9.17, 15) is 14.4 Å². The molecule has 0 spiro atoms. The van der Waals surface area contributed by atoms with Gasteiger partial charge >= 0.3 is 0 Å². The number of rotatable bonds is 11. The van der Waals surface area contributed by atoms with Gasteiger partial charge in [0.25, 0.3) is 11.8 Å². The minimum absolute atomic E-state index is 0.0395. The van der Waals surface area contributed by atoms with Crippen LogP contribution in [0.4, 0.5) is 11.4 Å². The van der Waals surface area contributed by atoms with E-state index in [0.29, 0.717) is 35.7 Å². The smallest absolute Gasteiger partial charge is 0.278 e. The van der Waals surface area contributed by atoms with Crippen molar-refractivity contribution >= 4 is 56.8 Å². The van der Waals surface area contributed by atoms with Gasteiger partial charge < -0.3 is 15.4 Å². The minimum atomic E-state index is -0.357. The Morgan fingerprint density at radius 3 is 2.29 bits per heavy atom. The molecule has 0 radical (unpaired) electrons. The highest BCUT2D eigenvalue weighted by molar-refractivity contribution is 9.10. The van der Waals surface area contributed by atoms with Crippen LogP contribution in [0, 0.1) is 5.92 Å². The van der Waals surface area contributed by atoms with Gasteiger partial charge in [0.1, 0.15) is 10.6 Å². The quantitative estimate of drug-likeness (QED) is 0.296. The van der Waals surface area contributed by atoms with Crippen LogP contribution in [0.3, 0.4) is 0 Å². The van der Waals surface area contributed by atoms with Gasteiger partial charge in [-0.3, -0.25) is 19.3 Å². The summed E-state index contributed by atoms with van der Waals surface area (Å²) in [7, 11) is 1.59. The maximum atomic E-state index is 13.2. The summed E-state index contributed by atoms with van der Waals surface area (Å²) in [6, 6.07) is 14.6. The van der Waals surface area contributed by atoms with Crippen molar-refractivity contribution in [2.45, 2.75) is 31.6 Å². The van der Waals surface area contributed by atoms with Gasteiger partial charge in [-0.15, -0.1) is 0 Å². The highest BCUT2D eigenvalue weighted by Gasteiger charge is 2.38. The van der Waals surface area contributed by atoms with Gasteiger partial charge in [-0.25, -0.2) is 0 Å². The first kappa shape index (κ1) is 26.0. The monoisotopic (exact) mass is 545 g/mol. The first-order valence-corrected chi connectivity index (χ1v) is 12.6. The number of methoxy groups -OCH3 is 1. The van der Waals surface area contributed by atoms with E-state index in [-0.39, 0.29) is 35.9 Å². The highest BCUT2D eigenvalue weighted by atomic mass is 79.9. The predicted octanol–water partition coefficient (Wildman–Crippen LogP) is 5.25. The third-order valence-corrected chi connectivity index (χ3v) is 6.54. The van der Waals surface area contributed by atoms with Crippen LogP contribution >= 0.6 is 27.7 Å². The number of thioether (sulfide) groups is 1. The molecule has 9 heteroatoms. The van der Waals surface area contributed by atoms with Crippen LogP contribution in [0.25, 0.3) is 0 Å². The molecule has 2 N–H and O–H groups in total. The molecule has 7 nitrogen and oxygen atoms in total. The second kappa shape index (κ2) is 12.2. The molecule has 34 heavy (non-hydrogen) atoms. The zero-order valence-corrected chi connectivity index (χ0v) is 21.8. The second-order valence-corrected chi connectivity index (χ2v) is 10.2. The van der Waals surface area contributed by atoms with E-state index in [0.717, 1.165) is 9.37 Å². The first-order valence-electron chi connectivity index (χ1n) is 11.0. The van der Waals surface area contributed by atoms with E-state index in [2.05, 4.69) is 26.6 Å². The molecule has 0 bridgehead atoms. The van der Waals surface area contributed by atoms with Crippen LogP contribution in [-0.2, 0) is 19.1 Å². The lowest BCUT2D eigenvalue weighted by atomic mass is 10.1. The number of benzene rings is 2. The molecule has 2 aromatic carbocycles. The molecule has 0 atom stereocenters. The van der Waals surface area contributed by atoms with E-state index < -0.39 is 0 Å². The third-order valence-electron chi connectivity index (χ3n) is 4.92. The van der Waals surface area contributed by atoms with E-state index in [1.54, 1.807) is 19.2 Å². The summed E-state index contributed by atoms with van der Waals surface area (Å²) in [4.78, 5) is 40.7. The Kier molecular flexibility index (Phi) is 9.32. The Labute approximate surface area is 212 Å². The zero-order valence-electron chi connectivity index (χ0n) is 19.4. The summed E-state index contributed by atoms with van der Waals surface area (Å²) >= 11 is 4.63. The molecule has 3 rings (SSSR count). The van der Waals surface area contributed by atoms with Gasteiger partial charge in [0.15, 0.2) is 0 Å². The van der Waals surface area contributed by atoms with Crippen LogP contribution < -0.4 is 10.6 Å². The van der Waals surface area contributed by atoms with Crippen molar-refractivity contribution < 1.29 is 19.1 Å². The van der Waals surface area contributed by atoms with Gasteiger partial charge in [0.2, 0.25) is 5.91 Å². The Morgan fingerprint density at radius 2 is 1.68 bits per heavy atom. The van der Waals surface area contributed by atoms with Gasteiger partial charge in [0.05, 0.1) is 0 Å². The Bertz CT molecular complexity index is 1070. The fourth-order valence-electron chi connectivity index (χ4n) is 3.31. The summed E-state index contributed by atoms with van der Waals surface area (Å²) in [5.74, 6) is -0.456. The van der Waals surface area contributed by atoms with Crippen molar-refractivity contribution in [3.8, 4) is 0 Å². The van der Waals surface area contributed by atoms with Crippen molar-refractivity contribution in [2.24, 2.45) is 5.92 Å². The Morgan fingerprint density at radius 1 is 1.03 bits per heavy atom. The number of nitrogens with one attached hydrogen (secondary N) is 2. The number of anilines is 2. The summed E-state index contributed by atoms with van der Waals surface area (Å²) in [6.07, 6.45) is 1.01. The first-order chi connectivity index (χ1) is 16.3. The van der Waals surface area contributed by atoms with Crippen LogP contribution in [0.5, 0.6) is 0 Å². The molecular formula is C25H28BrN3O4S.